The van der Waals surface area contributed by atoms with Gasteiger partial charge in [-0.2, -0.15) is 0 Å². The van der Waals surface area contributed by atoms with E-state index >= 15 is 0 Å². The molecule has 2 rings (SSSR count). The maximum atomic E-state index is 11.8. The third-order valence-electron chi connectivity index (χ3n) is 2.04. The normalized spacial score (nSPS) is 11.9. The summed E-state index contributed by atoms with van der Waals surface area (Å²) in [4.78, 5) is 14.9. The van der Waals surface area contributed by atoms with Crippen molar-refractivity contribution in [1.29, 1.82) is 0 Å². The van der Waals surface area contributed by atoms with Crippen molar-refractivity contribution >= 4 is 58.7 Å². The Labute approximate surface area is 111 Å². The van der Waals surface area contributed by atoms with Crippen LogP contribution in [0.2, 0.25) is 0 Å². The number of halogens is 3. The highest BCUT2D eigenvalue weighted by Crippen LogP contribution is 2.43. The van der Waals surface area contributed by atoms with Crippen LogP contribution in [0.25, 0.3) is 10.9 Å². The predicted molar refractivity (Wildman–Crippen MR) is 73.0 cm³/mol. The van der Waals surface area contributed by atoms with E-state index < -0.39 is 2.14 Å². The summed E-state index contributed by atoms with van der Waals surface area (Å²) in [7, 11) is 0. The van der Waals surface area contributed by atoms with Crippen LogP contribution >= 0.6 is 47.8 Å². The van der Waals surface area contributed by atoms with E-state index in [0.717, 1.165) is 11.2 Å². The van der Waals surface area contributed by atoms with Gasteiger partial charge in [-0.15, -0.1) is 0 Å². The van der Waals surface area contributed by atoms with Gasteiger partial charge in [0.1, 0.15) is 0 Å². The largest absolute Gasteiger partial charge is 0.356 e. The molecule has 0 atom stereocenters. The summed E-state index contributed by atoms with van der Waals surface area (Å²) in [6.07, 6.45) is 0. The van der Waals surface area contributed by atoms with Crippen LogP contribution in [0.15, 0.2) is 35.1 Å². The number of nitrogens with one attached hydrogen (secondary N) is 1. The minimum atomic E-state index is -0.587. The van der Waals surface area contributed by atoms with E-state index in [4.69, 9.17) is 0 Å². The molecule has 0 fully saturated rings. The molecule has 2 nitrogen and oxygen atoms in total. The summed E-state index contributed by atoms with van der Waals surface area (Å²) in [6.45, 7) is 0. The van der Waals surface area contributed by atoms with E-state index in [-0.39, 0.29) is 5.43 Å². The van der Waals surface area contributed by atoms with Crippen LogP contribution in [0.3, 0.4) is 0 Å². The fraction of sp³-hybridized carbons (Fsp3) is 0.100. The summed E-state index contributed by atoms with van der Waals surface area (Å²) < 4.78 is -0.587. The monoisotopic (exact) mass is 393 g/mol. The van der Waals surface area contributed by atoms with Crippen molar-refractivity contribution in [1.82, 2.24) is 4.98 Å². The minimum Gasteiger partial charge on any atom is -0.356 e. The molecule has 0 spiro atoms. The van der Waals surface area contributed by atoms with Crippen molar-refractivity contribution in [3.63, 3.8) is 0 Å². The molecule has 0 aliphatic carbocycles. The van der Waals surface area contributed by atoms with Crippen LogP contribution in [-0.4, -0.2) is 4.98 Å². The van der Waals surface area contributed by atoms with Crippen molar-refractivity contribution < 1.29 is 0 Å². The fourth-order valence-electron chi connectivity index (χ4n) is 1.35. The first-order chi connectivity index (χ1) is 6.98. The second kappa shape index (κ2) is 4.03. The molecule has 1 heterocycles. The van der Waals surface area contributed by atoms with Crippen LogP contribution < -0.4 is 5.43 Å². The second-order valence-corrected chi connectivity index (χ2v) is 9.85. The number of alkyl halides is 3. The molecule has 1 aromatic carbocycles. The Morgan fingerprint density at radius 1 is 1.13 bits per heavy atom. The van der Waals surface area contributed by atoms with E-state index in [1.54, 1.807) is 12.1 Å². The lowest BCUT2D eigenvalue weighted by atomic mass is 10.2. The molecule has 0 aliphatic rings. The Hall–Kier alpha value is -0.130. The first-order valence-electron chi connectivity index (χ1n) is 4.18. The number of H-pyrrole nitrogens is 1. The Morgan fingerprint density at radius 2 is 1.80 bits per heavy atom. The first kappa shape index (κ1) is 11.4. The third-order valence-corrected chi connectivity index (χ3v) is 3.32. The van der Waals surface area contributed by atoms with Gasteiger partial charge >= 0.3 is 0 Å². The molecule has 5 heteroatoms. The average molecular weight is 396 g/mol. The highest BCUT2D eigenvalue weighted by molar-refractivity contribution is 9.38. The Kier molecular flexibility index (Phi) is 3.05. The van der Waals surface area contributed by atoms with Gasteiger partial charge in [0, 0.05) is 17.0 Å². The first-order valence-corrected chi connectivity index (χ1v) is 6.55. The standard InChI is InChI=1S/C10H6Br3NO/c11-10(12,13)9-5-8(15)6-3-1-2-4-7(6)14-9/h1-5H,(H,14,15). The lowest BCUT2D eigenvalue weighted by Crippen LogP contribution is -2.10. The van der Waals surface area contributed by atoms with Crippen molar-refractivity contribution in [2.75, 3.05) is 0 Å². The van der Waals surface area contributed by atoms with Crippen LogP contribution in [0, 0.1) is 0 Å². The summed E-state index contributed by atoms with van der Waals surface area (Å²) in [6, 6.07) is 8.97. The third kappa shape index (κ3) is 2.34. The molecule has 0 aliphatic heterocycles. The molecule has 2 aromatic rings. The van der Waals surface area contributed by atoms with Crippen molar-refractivity contribution in [3.8, 4) is 0 Å². The van der Waals surface area contributed by atoms with Gasteiger partial charge in [-0.05, 0) is 12.1 Å². The number of para-hydroxylation sites is 1. The van der Waals surface area contributed by atoms with Gasteiger partial charge < -0.3 is 4.98 Å². The molecule has 0 saturated carbocycles. The van der Waals surface area contributed by atoms with E-state index in [9.17, 15) is 4.79 Å². The number of benzene rings is 1. The van der Waals surface area contributed by atoms with Gasteiger partial charge in [-0.25, -0.2) is 0 Å². The number of fused-ring (bicyclic) bond motifs is 1. The van der Waals surface area contributed by atoms with Crippen molar-refractivity contribution in [2.24, 2.45) is 0 Å². The molecular formula is C10H6Br3NO. The summed E-state index contributed by atoms with van der Waals surface area (Å²) in [5.41, 5.74) is 1.55. The van der Waals surface area contributed by atoms with Crippen LogP contribution in [0.4, 0.5) is 0 Å². The molecule has 0 amide bonds. The Bertz CT molecular complexity index is 556. The van der Waals surface area contributed by atoms with Gasteiger partial charge in [0.05, 0.1) is 5.69 Å². The zero-order valence-electron chi connectivity index (χ0n) is 7.43. The summed E-state index contributed by atoms with van der Waals surface area (Å²) in [5, 5.41) is 0.693. The predicted octanol–water partition coefficient (Wildman–Crippen LogP) is 3.82. The maximum Gasteiger partial charge on any atom is 0.189 e. The molecule has 0 radical (unpaired) electrons. The van der Waals surface area contributed by atoms with Crippen molar-refractivity contribution in [3.05, 3.63) is 46.2 Å². The molecule has 0 bridgehead atoms. The van der Waals surface area contributed by atoms with Crippen LogP contribution in [0.1, 0.15) is 5.69 Å². The lowest BCUT2D eigenvalue weighted by molar-refractivity contribution is 1.19. The molecule has 78 valence electrons. The Morgan fingerprint density at radius 3 is 2.47 bits per heavy atom. The smallest absolute Gasteiger partial charge is 0.189 e. The highest BCUT2D eigenvalue weighted by atomic mass is 80.0. The number of hydrogen-bond acceptors (Lipinski definition) is 1. The lowest BCUT2D eigenvalue weighted by Gasteiger charge is -2.12. The number of aromatic amines is 1. The van der Waals surface area contributed by atoms with E-state index in [1.165, 1.54) is 0 Å². The fourth-order valence-corrected chi connectivity index (χ4v) is 1.99. The van der Waals surface area contributed by atoms with Crippen LogP contribution in [-0.2, 0) is 2.14 Å². The highest BCUT2D eigenvalue weighted by Gasteiger charge is 2.22. The number of rotatable bonds is 0. The van der Waals surface area contributed by atoms with Crippen LogP contribution in [0.5, 0.6) is 0 Å². The zero-order chi connectivity index (χ0) is 11.1. The van der Waals surface area contributed by atoms with E-state index in [2.05, 4.69) is 52.8 Å². The van der Waals surface area contributed by atoms with Gasteiger partial charge in [-0.1, -0.05) is 59.9 Å². The van der Waals surface area contributed by atoms with Gasteiger partial charge in [0.15, 0.2) is 7.57 Å². The van der Waals surface area contributed by atoms with Gasteiger partial charge in [-0.3, -0.25) is 4.79 Å². The SMILES string of the molecule is O=c1cc(C(Br)(Br)Br)[nH]c2ccccc12. The molecule has 1 N–H and O–H groups in total. The van der Waals surface area contributed by atoms with Gasteiger partial charge in [0.25, 0.3) is 0 Å². The number of aromatic nitrogens is 1. The molecule has 1 aromatic heterocycles. The quantitative estimate of drug-likeness (QED) is 0.676. The zero-order valence-corrected chi connectivity index (χ0v) is 12.2. The molecule has 0 unspecified atom stereocenters. The molecule has 15 heavy (non-hydrogen) atoms. The number of hydrogen-bond donors (Lipinski definition) is 1. The number of pyridine rings is 1. The van der Waals surface area contributed by atoms with Crippen molar-refractivity contribution in [2.45, 2.75) is 2.14 Å². The summed E-state index contributed by atoms with van der Waals surface area (Å²) in [5.74, 6) is 0. The average Bonchev–Trinajstić information content (AvgIpc) is 2.16. The maximum absolute atomic E-state index is 11.8. The van der Waals surface area contributed by atoms with E-state index in [0.29, 0.717) is 5.39 Å². The Balaban J connectivity index is 2.79. The van der Waals surface area contributed by atoms with Gasteiger partial charge in [0.2, 0.25) is 0 Å². The topological polar surface area (TPSA) is 32.9 Å². The van der Waals surface area contributed by atoms with E-state index in [1.807, 2.05) is 18.2 Å². The molecular weight excluding hydrogens is 390 g/mol. The minimum absolute atomic E-state index is 0.00192. The second-order valence-electron chi connectivity index (χ2n) is 3.09. The molecule has 0 saturated heterocycles. The summed E-state index contributed by atoms with van der Waals surface area (Å²) >= 11 is 10.1.